The van der Waals surface area contributed by atoms with Gasteiger partial charge in [-0.2, -0.15) is 0 Å². The first-order chi connectivity index (χ1) is 12.7. The van der Waals surface area contributed by atoms with E-state index in [4.69, 9.17) is 4.42 Å². The lowest BCUT2D eigenvalue weighted by Crippen LogP contribution is -1.91. The fourth-order valence-corrected chi connectivity index (χ4v) is 3.09. The van der Waals surface area contributed by atoms with Crippen LogP contribution in [-0.4, -0.2) is 4.92 Å². The number of para-hydroxylation sites is 1. The van der Waals surface area contributed by atoms with Crippen LogP contribution in [0.2, 0.25) is 0 Å². The first kappa shape index (κ1) is 15.8. The van der Waals surface area contributed by atoms with Crippen molar-refractivity contribution in [2.45, 2.75) is 0 Å². The van der Waals surface area contributed by atoms with Gasteiger partial charge in [-0.05, 0) is 34.9 Å². The Labute approximate surface area is 150 Å². The SMILES string of the molecule is O=[N+]([O-])c1ccccc1-c1ccc(-c2ccccc2-c2ccco2)cc1. The van der Waals surface area contributed by atoms with Crippen molar-refractivity contribution in [2.24, 2.45) is 0 Å². The van der Waals surface area contributed by atoms with E-state index in [0.29, 0.717) is 5.56 Å². The van der Waals surface area contributed by atoms with Crippen molar-refractivity contribution >= 4 is 5.69 Å². The highest BCUT2D eigenvalue weighted by atomic mass is 16.6. The summed E-state index contributed by atoms with van der Waals surface area (Å²) in [5.41, 5.74) is 4.63. The number of hydrogen-bond acceptors (Lipinski definition) is 3. The van der Waals surface area contributed by atoms with Crippen LogP contribution in [0.3, 0.4) is 0 Å². The average molecular weight is 341 g/mol. The zero-order chi connectivity index (χ0) is 17.9. The van der Waals surface area contributed by atoms with Crippen molar-refractivity contribution in [3.05, 3.63) is 101 Å². The van der Waals surface area contributed by atoms with Gasteiger partial charge in [0.1, 0.15) is 5.76 Å². The summed E-state index contributed by atoms with van der Waals surface area (Å²) >= 11 is 0. The van der Waals surface area contributed by atoms with Crippen molar-refractivity contribution in [2.75, 3.05) is 0 Å². The minimum atomic E-state index is -0.352. The van der Waals surface area contributed by atoms with Gasteiger partial charge < -0.3 is 4.42 Å². The first-order valence-corrected chi connectivity index (χ1v) is 8.21. The average Bonchev–Trinajstić information content (AvgIpc) is 3.23. The lowest BCUT2D eigenvalue weighted by molar-refractivity contribution is -0.384. The summed E-state index contributed by atoms with van der Waals surface area (Å²) in [7, 11) is 0. The smallest absolute Gasteiger partial charge is 0.277 e. The van der Waals surface area contributed by atoms with Crippen molar-refractivity contribution in [1.29, 1.82) is 0 Å². The lowest BCUT2D eigenvalue weighted by atomic mass is 9.95. The number of nitrogens with zero attached hydrogens (tertiary/aromatic N) is 1. The Morgan fingerprint density at radius 1 is 0.654 bits per heavy atom. The van der Waals surface area contributed by atoms with Gasteiger partial charge in [-0.25, -0.2) is 0 Å². The number of nitro benzene ring substituents is 1. The quantitative estimate of drug-likeness (QED) is 0.328. The summed E-state index contributed by atoms with van der Waals surface area (Å²) in [5, 5.41) is 11.3. The summed E-state index contributed by atoms with van der Waals surface area (Å²) in [4.78, 5) is 10.9. The number of furan rings is 1. The van der Waals surface area contributed by atoms with E-state index >= 15 is 0 Å². The third-order valence-electron chi connectivity index (χ3n) is 4.32. The predicted molar refractivity (Wildman–Crippen MR) is 102 cm³/mol. The van der Waals surface area contributed by atoms with Crippen LogP contribution in [0.5, 0.6) is 0 Å². The van der Waals surface area contributed by atoms with Crippen LogP contribution in [0, 0.1) is 10.1 Å². The van der Waals surface area contributed by atoms with E-state index in [9.17, 15) is 10.1 Å². The maximum atomic E-state index is 11.3. The molecule has 0 spiro atoms. The Morgan fingerprint density at radius 2 is 1.23 bits per heavy atom. The van der Waals surface area contributed by atoms with Crippen molar-refractivity contribution in [3.8, 4) is 33.6 Å². The maximum absolute atomic E-state index is 11.3. The summed E-state index contributed by atoms with van der Waals surface area (Å²) in [5.74, 6) is 0.809. The Kier molecular flexibility index (Phi) is 4.07. The summed E-state index contributed by atoms with van der Waals surface area (Å²) in [6, 6.07) is 26.4. The molecule has 0 atom stereocenters. The summed E-state index contributed by atoms with van der Waals surface area (Å²) < 4.78 is 5.54. The van der Waals surface area contributed by atoms with E-state index in [1.165, 1.54) is 6.07 Å². The van der Waals surface area contributed by atoms with Crippen LogP contribution in [0.15, 0.2) is 95.6 Å². The molecule has 26 heavy (non-hydrogen) atoms. The Bertz CT molecular complexity index is 1050. The highest BCUT2D eigenvalue weighted by Gasteiger charge is 2.14. The lowest BCUT2D eigenvalue weighted by Gasteiger charge is -2.09. The third kappa shape index (κ3) is 2.89. The molecule has 0 N–H and O–H groups in total. The van der Waals surface area contributed by atoms with Crippen LogP contribution in [0.25, 0.3) is 33.6 Å². The molecule has 0 fully saturated rings. The monoisotopic (exact) mass is 341 g/mol. The molecule has 1 heterocycles. The molecule has 0 amide bonds. The number of benzene rings is 3. The van der Waals surface area contributed by atoms with E-state index < -0.39 is 0 Å². The van der Waals surface area contributed by atoms with E-state index in [1.807, 2.05) is 66.7 Å². The second-order valence-corrected chi connectivity index (χ2v) is 5.87. The molecule has 4 aromatic rings. The number of hydrogen-bond donors (Lipinski definition) is 0. The summed E-state index contributed by atoms with van der Waals surface area (Å²) in [6.45, 7) is 0. The van der Waals surface area contributed by atoms with Crippen LogP contribution >= 0.6 is 0 Å². The van der Waals surface area contributed by atoms with Gasteiger partial charge >= 0.3 is 0 Å². The van der Waals surface area contributed by atoms with Gasteiger partial charge in [0.15, 0.2) is 0 Å². The summed E-state index contributed by atoms with van der Waals surface area (Å²) in [6.07, 6.45) is 1.66. The normalized spacial score (nSPS) is 10.6. The molecule has 0 aliphatic rings. The second kappa shape index (κ2) is 6.69. The van der Waals surface area contributed by atoms with Gasteiger partial charge in [-0.15, -0.1) is 0 Å². The molecule has 0 aliphatic heterocycles. The van der Waals surface area contributed by atoms with E-state index in [-0.39, 0.29) is 10.6 Å². The van der Waals surface area contributed by atoms with Crippen LogP contribution in [0.4, 0.5) is 5.69 Å². The Hall–Kier alpha value is -3.66. The maximum Gasteiger partial charge on any atom is 0.277 e. The Morgan fingerprint density at radius 3 is 1.85 bits per heavy atom. The molecule has 126 valence electrons. The molecule has 4 rings (SSSR count). The van der Waals surface area contributed by atoms with Gasteiger partial charge in [0.2, 0.25) is 0 Å². The largest absolute Gasteiger partial charge is 0.464 e. The molecule has 0 bridgehead atoms. The third-order valence-corrected chi connectivity index (χ3v) is 4.32. The fourth-order valence-electron chi connectivity index (χ4n) is 3.09. The standard InChI is InChI=1S/C22H15NO3/c24-23(25)21-9-4-3-7-19(21)17-13-11-16(12-14-17)18-6-1-2-8-20(18)22-10-5-15-26-22/h1-15H. The molecule has 3 aromatic carbocycles. The molecule has 0 saturated carbocycles. The molecule has 0 radical (unpaired) electrons. The molecule has 4 heteroatoms. The van der Waals surface area contributed by atoms with Gasteiger partial charge in [0.25, 0.3) is 5.69 Å². The molecule has 0 aliphatic carbocycles. The minimum absolute atomic E-state index is 0.108. The number of nitro groups is 1. The van der Waals surface area contributed by atoms with E-state index in [1.54, 1.807) is 18.4 Å². The van der Waals surface area contributed by atoms with Gasteiger partial charge in [0, 0.05) is 11.6 Å². The highest BCUT2D eigenvalue weighted by Crippen LogP contribution is 2.35. The van der Waals surface area contributed by atoms with Gasteiger partial charge in [0.05, 0.1) is 16.7 Å². The van der Waals surface area contributed by atoms with Crippen molar-refractivity contribution in [3.63, 3.8) is 0 Å². The highest BCUT2D eigenvalue weighted by molar-refractivity contribution is 5.83. The van der Waals surface area contributed by atoms with E-state index in [2.05, 4.69) is 0 Å². The molecule has 4 nitrogen and oxygen atoms in total. The molecule has 0 saturated heterocycles. The number of rotatable bonds is 4. The zero-order valence-electron chi connectivity index (χ0n) is 13.8. The first-order valence-electron chi connectivity index (χ1n) is 8.21. The molecule has 0 unspecified atom stereocenters. The van der Waals surface area contributed by atoms with Gasteiger partial charge in [-0.1, -0.05) is 60.7 Å². The topological polar surface area (TPSA) is 56.3 Å². The van der Waals surface area contributed by atoms with Crippen molar-refractivity contribution in [1.82, 2.24) is 0 Å². The molecular formula is C22H15NO3. The van der Waals surface area contributed by atoms with Crippen LogP contribution in [0.1, 0.15) is 0 Å². The second-order valence-electron chi connectivity index (χ2n) is 5.87. The molecular weight excluding hydrogens is 326 g/mol. The predicted octanol–water partition coefficient (Wildman–Crippen LogP) is 6.19. The van der Waals surface area contributed by atoms with Crippen LogP contribution < -0.4 is 0 Å². The molecule has 1 aromatic heterocycles. The van der Waals surface area contributed by atoms with Crippen molar-refractivity contribution < 1.29 is 9.34 Å². The Balaban J connectivity index is 1.76. The fraction of sp³-hybridized carbons (Fsp3) is 0. The zero-order valence-corrected chi connectivity index (χ0v) is 13.8. The van der Waals surface area contributed by atoms with Crippen LogP contribution in [-0.2, 0) is 0 Å². The van der Waals surface area contributed by atoms with E-state index in [0.717, 1.165) is 28.0 Å². The van der Waals surface area contributed by atoms with Gasteiger partial charge in [-0.3, -0.25) is 10.1 Å². The minimum Gasteiger partial charge on any atom is -0.464 e.